The smallest absolute Gasteiger partial charge is 0.268 e. The van der Waals surface area contributed by atoms with Crippen LogP contribution in [0.4, 0.5) is 0 Å². The van der Waals surface area contributed by atoms with Crippen LogP contribution in [0.1, 0.15) is 316 Å². The van der Waals surface area contributed by atoms with Gasteiger partial charge in [-0.05, 0) is 32.1 Å². The summed E-state index contributed by atoms with van der Waals surface area (Å²) in [6, 6.07) is -0.901. The molecule has 0 aromatic carbocycles. The molecule has 0 aromatic rings. The minimum Gasteiger partial charge on any atom is -0.756 e. The van der Waals surface area contributed by atoms with Gasteiger partial charge < -0.3 is 28.8 Å². The van der Waals surface area contributed by atoms with Gasteiger partial charge >= 0.3 is 0 Å². The van der Waals surface area contributed by atoms with Crippen molar-refractivity contribution in [1.82, 2.24) is 5.32 Å². The maximum Gasteiger partial charge on any atom is 0.268 e. The third-order valence-corrected chi connectivity index (χ3v) is 15.4. The number of carbonyl (C=O) groups is 1. The zero-order valence-corrected chi connectivity index (χ0v) is 49.1. The fourth-order valence-corrected chi connectivity index (χ4v) is 10.2. The lowest BCUT2D eigenvalue weighted by molar-refractivity contribution is -0.870. The molecule has 0 rings (SSSR count). The number of hydrogen-bond acceptors (Lipinski definition) is 6. The van der Waals surface area contributed by atoms with E-state index < -0.39 is 20.0 Å². The Kier molecular flexibility index (Phi) is 53.0. The Morgan fingerprint density at radius 3 is 1.14 bits per heavy atom. The number of phosphoric acid groups is 1. The van der Waals surface area contributed by atoms with Crippen LogP contribution in [0.3, 0.4) is 0 Å². The molecule has 3 unspecified atom stereocenters. The van der Waals surface area contributed by atoms with Crippen LogP contribution in [-0.4, -0.2) is 68.5 Å². The number of aliphatic hydroxyl groups is 1. The first kappa shape index (κ1) is 70.0. The molecule has 0 fully saturated rings. The normalized spacial score (nSPS) is 14.0. The highest BCUT2D eigenvalue weighted by Gasteiger charge is 2.23. The van der Waals surface area contributed by atoms with E-state index in [1.807, 2.05) is 27.2 Å². The van der Waals surface area contributed by atoms with Crippen LogP contribution >= 0.6 is 7.82 Å². The zero-order chi connectivity index (χ0) is 52.0. The van der Waals surface area contributed by atoms with Gasteiger partial charge in [0.1, 0.15) is 13.2 Å². The molecule has 0 bridgehead atoms. The largest absolute Gasteiger partial charge is 0.756 e. The number of nitrogens with one attached hydrogen (secondary N) is 1. The van der Waals surface area contributed by atoms with Crippen LogP contribution in [0.15, 0.2) is 24.3 Å². The van der Waals surface area contributed by atoms with Crippen molar-refractivity contribution in [3.63, 3.8) is 0 Å². The van der Waals surface area contributed by atoms with Crippen LogP contribution in [0.25, 0.3) is 0 Å². The molecule has 71 heavy (non-hydrogen) atoms. The summed E-state index contributed by atoms with van der Waals surface area (Å²) in [6.45, 7) is 4.69. The summed E-state index contributed by atoms with van der Waals surface area (Å²) >= 11 is 0. The van der Waals surface area contributed by atoms with Gasteiger partial charge in [-0.2, -0.15) is 0 Å². The molecule has 0 aliphatic heterocycles. The van der Waals surface area contributed by atoms with Crippen LogP contribution < -0.4 is 10.2 Å². The third-order valence-electron chi connectivity index (χ3n) is 14.4. The highest BCUT2D eigenvalue weighted by atomic mass is 31.2. The minimum absolute atomic E-state index is 0.00357. The van der Waals surface area contributed by atoms with Crippen molar-refractivity contribution in [2.24, 2.45) is 0 Å². The van der Waals surface area contributed by atoms with E-state index in [9.17, 15) is 19.4 Å². The molecule has 1 amide bonds. The van der Waals surface area contributed by atoms with Crippen LogP contribution in [0.5, 0.6) is 0 Å². The molecule has 0 saturated carbocycles. The van der Waals surface area contributed by atoms with Gasteiger partial charge in [0.2, 0.25) is 5.91 Å². The summed E-state index contributed by atoms with van der Waals surface area (Å²) in [5.41, 5.74) is 0. The van der Waals surface area contributed by atoms with Crippen molar-refractivity contribution in [2.75, 3.05) is 40.9 Å². The SMILES string of the molecule is CCCCCCCCCCCCCCCCCCCCC/C=C/CC/C=C/C(O)C(COP(=O)([O-])OCC[N+](C)(C)C)NC(=O)CCCCCCCCCCCCCCCCCCCCCCCCCC. The van der Waals surface area contributed by atoms with Crippen molar-refractivity contribution in [3.05, 3.63) is 24.3 Å². The van der Waals surface area contributed by atoms with Gasteiger partial charge in [-0.15, -0.1) is 0 Å². The lowest BCUT2D eigenvalue weighted by Crippen LogP contribution is -2.45. The van der Waals surface area contributed by atoms with Crippen molar-refractivity contribution >= 4 is 13.7 Å². The second-order valence-corrected chi connectivity index (χ2v) is 24.2. The van der Waals surface area contributed by atoms with Gasteiger partial charge in [-0.3, -0.25) is 9.36 Å². The van der Waals surface area contributed by atoms with Crippen molar-refractivity contribution in [1.29, 1.82) is 0 Å². The lowest BCUT2D eigenvalue weighted by Gasteiger charge is -2.29. The second kappa shape index (κ2) is 53.8. The first-order valence-corrected chi connectivity index (χ1v) is 32.7. The number of hydrogen-bond donors (Lipinski definition) is 2. The van der Waals surface area contributed by atoms with E-state index in [1.165, 1.54) is 257 Å². The van der Waals surface area contributed by atoms with Gasteiger partial charge in [0.15, 0.2) is 0 Å². The van der Waals surface area contributed by atoms with Gasteiger partial charge in [-0.1, -0.05) is 301 Å². The van der Waals surface area contributed by atoms with Gasteiger partial charge in [0, 0.05) is 6.42 Å². The Labute approximate surface area is 443 Å². The third kappa shape index (κ3) is 56.5. The highest BCUT2D eigenvalue weighted by molar-refractivity contribution is 7.45. The average molecular weight is 1020 g/mol. The molecule has 0 aliphatic rings. The molecule has 0 spiro atoms. The number of aliphatic hydroxyl groups excluding tert-OH is 1. The number of nitrogens with zero attached hydrogens (tertiary/aromatic N) is 1. The molecule has 0 radical (unpaired) electrons. The number of unbranched alkanes of at least 4 members (excludes halogenated alkanes) is 43. The second-order valence-electron chi connectivity index (χ2n) is 22.8. The van der Waals surface area contributed by atoms with E-state index in [1.54, 1.807) is 6.08 Å². The van der Waals surface area contributed by atoms with E-state index in [0.29, 0.717) is 17.4 Å². The molecular formula is C62H123N2O6P. The molecule has 3 atom stereocenters. The van der Waals surface area contributed by atoms with E-state index in [-0.39, 0.29) is 19.1 Å². The monoisotopic (exact) mass is 1020 g/mol. The topological polar surface area (TPSA) is 108 Å². The predicted molar refractivity (Wildman–Crippen MR) is 307 cm³/mol. The summed E-state index contributed by atoms with van der Waals surface area (Å²) in [5.74, 6) is -0.200. The minimum atomic E-state index is -4.60. The summed E-state index contributed by atoms with van der Waals surface area (Å²) in [5, 5.41) is 13.9. The van der Waals surface area contributed by atoms with Crippen LogP contribution in [0, 0.1) is 0 Å². The standard InChI is InChI=1S/C62H123N2O6P/c1-6-8-10-12-14-16-18-20-22-24-26-28-30-32-33-35-37-39-41-43-45-47-49-51-53-55-61(65)60(59-70-71(67,68)69-58-57-64(3,4)5)63-62(66)56-54-52-50-48-46-44-42-40-38-36-34-31-29-27-25-23-21-19-17-15-13-11-9-7-2/h45,47,53,55,60-61,65H,6-44,46,48-52,54,56-59H2,1-5H3,(H-,63,66,67,68)/b47-45+,55-53+. The highest BCUT2D eigenvalue weighted by Crippen LogP contribution is 2.38. The van der Waals surface area contributed by atoms with Crippen molar-refractivity contribution in [3.8, 4) is 0 Å². The zero-order valence-electron chi connectivity index (χ0n) is 48.2. The maximum atomic E-state index is 13.0. The van der Waals surface area contributed by atoms with Gasteiger partial charge in [0.05, 0.1) is 39.9 Å². The molecule has 0 aromatic heterocycles. The summed E-state index contributed by atoms with van der Waals surface area (Å²) in [7, 11) is 1.26. The van der Waals surface area contributed by atoms with E-state index in [2.05, 4.69) is 31.3 Å². The number of rotatable bonds is 58. The number of phosphoric ester groups is 1. The van der Waals surface area contributed by atoms with Crippen molar-refractivity contribution in [2.45, 2.75) is 328 Å². The van der Waals surface area contributed by atoms with Gasteiger partial charge in [-0.25, -0.2) is 0 Å². The van der Waals surface area contributed by atoms with Gasteiger partial charge in [0.25, 0.3) is 7.82 Å². The lowest BCUT2D eigenvalue weighted by atomic mass is 10.0. The fourth-order valence-electron chi connectivity index (χ4n) is 9.53. The Hall–Kier alpha value is -1.02. The number of likely N-dealkylation sites (N-methyl/N-ethyl adjacent to an activating group) is 1. The number of carbonyl (C=O) groups excluding carboxylic acids is 1. The number of quaternary nitrogens is 1. The fraction of sp³-hybridized carbons (Fsp3) is 0.919. The number of allylic oxidation sites excluding steroid dienone is 3. The molecular weight excluding hydrogens is 900 g/mol. The summed E-state index contributed by atoms with van der Waals surface area (Å²) < 4.78 is 23.4. The Balaban J connectivity index is 4.17. The first-order chi connectivity index (χ1) is 34.5. The van der Waals surface area contributed by atoms with Crippen molar-refractivity contribution < 1.29 is 32.9 Å². The number of amides is 1. The molecule has 422 valence electrons. The molecule has 8 nitrogen and oxygen atoms in total. The molecule has 0 saturated heterocycles. The van der Waals surface area contributed by atoms with E-state index in [0.717, 1.165) is 38.5 Å². The summed E-state index contributed by atoms with van der Waals surface area (Å²) in [4.78, 5) is 25.5. The predicted octanol–water partition coefficient (Wildman–Crippen LogP) is 18.5. The van der Waals surface area contributed by atoms with E-state index >= 15 is 0 Å². The Bertz CT molecular complexity index is 1210. The molecule has 0 aliphatic carbocycles. The maximum absolute atomic E-state index is 13.0. The average Bonchev–Trinajstić information content (AvgIpc) is 3.33. The first-order valence-electron chi connectivity index (χ1n) is 31.2. The van der Waals surface area contributed by atoms with Crippen LogP contribution in [-0.2, 0) is 18.4 Å². The molecule has 9 heteroatoms. The summed E-state index contributed by atoms with van der Waals surface area (Å²) in [6.07, 6.45) is 68.5. The van der Waals surface area contributed by atoms with Crippen LogP contribution in [0.2, 0.25) is 0 Å². The Morgan fingerprint density at radius 2 is 0.789 bits per heavy atom. The van der Waals surface area contributed by atoms with E-state index in [4.69, 9.17) is 9.05 Å². The Morgan fingerprint density at radius 1 is 0.479 bits per heavy atom. The molecule has 2 N–H and O–H groups in total. The molecule has 0 heterocycles. The quantitative estimate of drug-likeness (QED) is 0.0272.